The van der Waals surface area contributed by atoms with E-state index in [4.69, 9.17) is 10.2 Å². The smallest absolute Gasteiger partial charge is 0.230 e. The van der Waals surface area contributed by atoms with E-state index in [0.29, 0.717) is 17.5 Å². The maximum Gasteiger partial charge on any atom is 0.230 e. The summed E-state index contributed by atoms with van der Waals surface area (Å²) < 4.78 is 6.95. The average Bonchev–Trinajstić information content (AvgIpc) is 3.32. The van der Waals surface area contributed by atoms with Gasteiger partial charge in [0.1, 0.15) is 17.4 Å². The van der Waals surface area contributed by atoms with Crippen LogP contribution in [0.2, 0.25) is 0 Å². The van der Waals surface area contributed by atoms with E-state index < -0.39 is 0 Å². The van der Waals surface area contributed by atoms with Gasteiger partial charge in [0.25, 0.3) is 0 Å². The second kappa shape index (κ2) is 7.09. The van der Waals surface area contributed by atoms with Crippen molar-refractivity contribution in [3.05, 3.63) is 48.0 Å². The van der Waals surface area contributed by atoms with E-state index in [2.05, 4.69) is 26.0 Å². The molecule has 138 valence electrons. The summed E-state index contributed by atoms with van der Waals surface area (Å²) in [5.41, 5.74) is 6.89. The van der Waals surface area contributed by atoms with E-state index in [-0.39, 0.29) is 17.3 Å². The Morgan fingerprint density at radius 2 is 1.96 bits per heavy atom. The summed E-state index contributed by atoms with van der Waals surface area (Å²) in [4.78, 5) is 18.6. The predicted molar refractivity (Wildman–Crippen MR) is 109 cm³/mol. The van der Waals surface area contributed by atoms with Crippen LogP contribution in [0.3, 0.4) is 0 Å². The van der Waals surface area contributed by atoms with Crippen LogP contribution < -0.4 is 10.6 Å². The van der Waals surface area contributed by atoms with Crippen molar-refractivity contribution >= 4 is 45.1 Å². The van der Waals surface area contributed by atoms with Gasteiger partial charge in [-0.1, -0.05) is 12.1 Å². The molecule has 4 aromatic rings. The molecule has 0 aliphatic heterocycles. The zero-order valence-electron chi connectivity index (χ0n) is 15.1. The molecule has 0 atom stereocenters. The lowest BCUT2D eigenvalue weighted by Crippen LogP contribution is -2.15. The third kappa shape index (κ3) is 3.41. The van der Waals surface area contributed by atoms with E-state index >= 15 is 0 Å². The first kappa shape index (κ1) is 17.6. The number of allylic oxidation sites excluding steroid dienone is 1. The topological polar surface area (TPSA) is 118 Å². The van der Waals surface area contributed by atoms with Crippen molar-refractivity contribution in [1.29, 1.82) is 5.26 Å². The molecule has 0 spiro atoms. The first-order chi connectivity index (χ1) is 13.5. The minimum Gasteiger partial charge on any atom is -0.454 e. The quantitative estimate of drug-likeness (QED) is 0.527. The Morgan fingerprint density at radius 1 is 1.14 bits per heavy atom. The summed E-state index contributed by atoms with van der Waals surface area (Å²) in [5, 5.41) is 10.3. The van der Waals surface area contributed by atoms with Crippen LogP contribution in [-0.2, 0) is 0 Å². The third-order valence-electron chi connectivity index (χ3n) is 3.82. The number of aromatic nitrogens is 4. The maximum absolute atomic E-state index is 9.56. The summed E-state index contributed by atoms with van der Waals surface area (Å²) in [7, 11) is 3.57. The highest BCUT2D eigenvalue weighted by Gasteiger charge is 2.13. The van der Waals surface area contributed by atoms with Crippen LogP contribution in [0, 0.1) is 11.3 Å². The van der Waals surface area contributed by atoms with Crippen LogP contribution in [0.1, 0.15) is 11.6 Å². The second-order valence-electron chi connectivity index (χ2n) is 6.07. The van der Waals surface area contributed by atoms with Crippen LogP contribution in [0.15, 0.2) is 40.8 Å². The van der Waals surface area contributed by atoms with Gasteiger partial charge in [-0.25, -0.2) is 4.98 Å². The fourth-order valence-electron chi connectivity index (χ4n) is 2.51. The minimum atomic E-state index is 0.0458. The van der Waals surface area contributed by atoms with Crippen LogP contribution in [0.25, 0.3) is 32.6 Å². The highest BCUT2D eigenvalue weighted by molar-refractivity contribution is 7.21. The van der Waals surface area contributed by atoms with Crippen LogP contribution in [0.5, 0.6) is 0 Å². The molecule has 0 unspecified atom stereocenters. The van der Waals surface area contributed by atoms with E-state index in [1.54, 1.807) is 42.5 Å². The molecule has 0 saturated carbocycles. The summed E-state index contributed by atoms with van der Waals surface area (Å²) in [5.74, 6) is 1.74. The predicted octanol–water partition coefficient (Wildman–Crippen LogP) is 3.45. The van der Waals surface area contributed by atoms with Gasteiger partial charge < -0.3 is 15.1 Å². The van der Waals surface area contributed by atoms with Crippen LogP contribution in [-0.4, -0.2) is 34.0 Å². The lowest BCUT2D eigenvalue weighted by atomic mass is 10.2. The normalized spacial score (nSPS) is 11.5. The van der Waals surface area contributed by atoms with Crippen LogP contribution in [0.4, 0.5) is 11.9 Å². The largest absolute Gasteiger partial charge is 0.454 e. The maximum atomic E-state index is 9.56. The van der Waals surface area contributed by atoms with Gasteiger partial charge in [-0.3, -0.25) is 0 Å². The van der Waals surface area contributed by atoms with Crippen molar-refractivity contribution < 1.29 is 4.42 Å². The van der Waals surface area contributed by atoms with Crippen molar-refractivity contribution in [3.8, 4) is 16.8 Å². The van der Waals surface area contributed by atoms with Crippen molar-refractivity contribution in [1.82, 2.24) is 19.9 Å². The number of anilines is 2. The number of thiazole rings is 1. The van der Waals surface area contributed by atoms with Crippen molar-refractivity contribution in [2.24, 2.45) is 0 Å². The lowest BCUT2D eigenvalue weighted by Gasteiger charge is -2.10. The van der Waals surface area contributed by atoms with E-state index in [0.717, 1.165) is 15.2 Å². The fraction of sp³-hybridized carbons (Fsp3) is 0.105. The highest BCUT2D eigenvalue weighted by atomic mass is 32.1. The summed E-state index contributed by atoms with van der Waals surface area (Å²) >= 11 is 1.55. The number of para-hydroxylation sites is 1. The van der Waals surface area contributed by atoms with E-state index in [1.807, 2.05) is 30.3 Å². The zero-order valence-corrected chi connectivity index (χ0v) is 15.9. The number of nitrogen functional groups attached to an aromatic ring is 1. The summed E-state index contributed by atoms with van der Waals surface area (Å²) in [6, 6.07) is 13.6. The fourth-order valence-corrected chi connectivity index (χ4v) is 3.44. The molecule has 0 aliphatic rings. The lowest BCUT2D eigenvalue weighted by molar-refractivity contribution is 0.571. The molecule has 3 aromatic heterocycles. The molecular weight excluding hydrogens is 374 g/mol. The van der Waals surface area contributed by atoms with Gasteiger partial charge in [0.2, 0.25) is 11.9 Å². The Balaban J connectivity index is 1.69. The summed E-state index contributed by atoms with van der Waals surface area (Å²) in [6.07, 6.45) is 1.57. The monoisotopic (exact) mass is 389 g/mol. The standard InChI is InChI=1S/C19H15N7OS/c1-26(2)19-24-16(23-18(21)25-19)11(10-20)9-12-7-8-14(27-12)17-22-13-5-3-4-6-15(13)28-17/h3-9H,1-2H3,(H2,21,23,24,25)/b11-9+. The number of nitrogens with zero attached hydrogens (tertiary/aromatic N) is 6. The molecule has 0 bridgehead atoms. The molecule has 9 heteroatoms. The number of hydrogen-bond donors (Lipinski definition) is 1. The second-order valence-corrected chi connectivity index (χ2v) is 7.10. The number of nitriles is 1. The molecular formula is C19H15N7OS. The van der Waals surface area contributed by atoms with E-state index in [9.17, 15) is 5.26 Å². The van der Waals surface area contributed by atoms with Gasteiger partial charge in [-0.15, -0.1) is 11.3 Å². The first-order valence-electron chi connectivity index (χ1n) is 8.30. The zero-order chi connectivity index (χ0) is 19.7. The van der Waals surface area contributed by atoms with E-state index in [1.165, 1.54) is 0 Å². The number of rotatable bonds is 4. The van der Waals surface area contributed by atoms with Gasteiger partial charge in [0, 0.05) is 20.2 Å². The number of furan rings is 1. The minimum absolute atomic E-state index is 0.0458. The molecule has 3 heterocycles. The SMILES string of the molecule is CN(C)c1nc(N)nc(/C(C#N)=C/c2ccc(-c3nc4ccccc4s3)o2)n1. The molecule has 28 heavy (non-hydrogen) atoms. The Hall–Kier alpha value is -3.77. The van der Waals surface area contributed by atoms with Crippen molar-refractivity contribution in [2.45, 2.75) is 0 Å². The molecule has 2 N–H and O–H groups in total. The van der Waals surface area contributed by atoms with Crippen molar-refractivity contribution in [3.63, 3.8) is 0 Å². The van der Waals surface area contributed by atoms with Crippen molar-refractivity contribution in [2.75, 3.05) is 24.7 Å². The number of benzene rings is 1. The highest BCUT2D eigenvalue weighted by Crippen LogP contribution is 2.31. The first-order valence-corrected chi connectivity index (χ1v) is 9.12. The third-order valence-corrected chi connectivity index (χ3v) is 4.87. The molecule has 4 rings (SSSR count). The molecule has 0 saturated heterocycles. The molecule has 0 fully saturated rings. The summed E-state index contributed by atoms with van der Waals surface area (Å²) in [6.45, 7) is 0. The number of hydrogen-bond acceptors (Lipinski definition) is 9. The number of nitrogens with two attached hydrogens (primary N) is 1. The molecule has 0 aliphatic carbocycles. The number of fused-ring (bicyclic) bond motifs is 1. The molecule has 0 radical (unpaired) electrons. The van der Waals surface area contributed by atoms with Gasteiger partial charge in [-0.2, -0.15) is 20.2 Å². The van der Waals surface area contributed by atoms with Gasteiger partial charge in [0.05, 0.1) is 10.2 Å². The molecule has 0 amide bonds. The average molecular weight is 389 g/mol. The Bertz CT molecular complexity index is 1200. The Morgan fingerprint density at radius 3 is 2.71 bits per heavy atom. The van der Waals surface area contributed by atoms with Gasteiger partial charge >= 0.3 is 0 Å². The molecule has 1 aromatic carbocycles. The molecule has 8 nitrogen and oxygen atoms in total. The van der Waals surface area contributed by atoms with Gasteiger partial charge in [-0.05, 0) is 24.3 Å². The van der Waals surface area contributed by atoms with Crippen LogP contribution >= 0.6 is 11.3 Å². The van der Waals surface area contributed by atoms with Gasteiger partial charge in [0.15, 0.2) is 16.6 Å². The Labute approximate surface area is 164 Å². The Kier molecular flexibility index (Phi) is 4.47.